The van der Waals surface area contributed by atoms with Crippen LogP contribution in [0.2, 0.25) is 0 Å². The van der Waals surface area contributed by atoms with Crippen LogP contribution in [-0.4, -0.2) is 6.61 Å². The lowest BCUT2D eigenvalue weighted by Gasteiger charge is -2.05. The van der Waals surface area contributed by atoms with Gasteiger partial charge in [0.2, 0.25) is 0 Å². The van der Waals surface area contributed by atoms with Crippen molar-refractivity contribution in [1.82, 2.24) is 0 Å². The second-order valence-electron chi connectivity index (χ2n) is 4.16. The molecule has 15 heavy (non-hydrogen) atoms. The van der Waals surface area contributed by atoms with Crippen LogP contribution in [-0.2, 0) is 4.74 Å². The summed E-state index contributed by atoms with van der Waals surface area (Å²) in [6.45, 7) is 7.58. The first-order valence-electron chi connectivity index (χ1n) is 6.64. The lowest BCUT2D eigenvalue weighted by molar-refractivity contribution is 0.236. The van der Waals surface area contributed by atoms with E-state index in [1.807, 2.05) is 6.26 Å². The van der Waals surface area contributed by atoms with E-state index in [9.17, 15) is 0 Å². The standard InChI is InChI=1S/C14H28O/c1-4-7-9-10-12-15-13-14(6-3)11-8-5-2/h13H,4-12H2,1-3H3. The van der Waals surface area contributed by atoms with Crippen molar-refractivity contribution >= 4 is 0 Å². The van der Waals surface area contributed by atoms with Crippen molar-refractivity contribution in [1.29, 1.82) is 0 Å². The Labute approximate surface area is 95.9 Å². The molecule has 0 heterocycles. The van der Waals surface area contributed by atoms with Crippen LogP contribution in [0.5, 0.6) is 0 Å². The second kappa shape index (κ2) is 11.6. The van der Waals surface area contributed by atoms with Gasteiger partial charge in [-0.15, -0.1) is 0 Å². The summed E-state index contributed by atoms with van der Waals surface area (Å²) < 4.78 is 5.57. The average Bonchev–Trinajstić information content (AvgIpc) is 2.27. The van der Waals surface area contributed by atoms with Gasteiger partial charge in [-0.25, -0.2) is 0 Å². The molecule has 0 spiro atoms. The lowest BCUT2D eigenvalue weighted by Crippen LogP contribution is -1.90. The topological polar surface area (TPSA) is 9.23 Å². The number of allylic oxidation sites excluding steroid dienone is 1. The van der Waals surface area contributed by atoms with E-state index in [0.717, 1.165) is 13.0 Å². The Hall–Kier alpha value is -0.460. The minimum Gasteiger partial charge on any atom is -0.501 e. The summed E-state index contributed by atoms with van der Waals surface area (Å²) in [5.74, 6) is 0. The Bertz CT molecular complexity index is 149. The normalized spacial score (nSPS) is 11.8. The molecule has 0 aliphatic rings. The molecule has 0 bridgehead atoms. The van der Waals surface area contributed by atoms with Crippen molar-refractivity contribution in [3.63, 3.8) is 0 Å². The molecule has 0 unspecified atom stereocenters. The molecule has 0 radical (unpaired) electrons. The van der Waals surface area contributed by atoms with Crippen molar-refractivity contribution in [2.24, 2.45) is 0 Å². The molecule has 0 aliphatic heterocycles. The van der Waals surface area contributed by atoms with Gasteiger partial charge in [0.25, 0.3) is 0 Å². The number of rotatable bonds is 10. The average molecular weight is 212 g/mol. The summed E-state index contributed by atoms with van der Waals surface area (Å²) in [6.07, 6.45) is 12.1. The van der Waals surface area contributed by atoms with Gasteiger partial charge in [0.1, 0.15) is 0 Å². The Kier molecular flexibility index (Phi) is 11.3. The highest BCUT2D eigenvalue weighted by atomic mass is 16.5. The Morgan fingerprint density at radius 3 is 2.27 bits per heavy atom. The highest BCUT2D eigenvalue weighted by molar-refractivity contribution is 4.96. The predicted molar refractivity (Wildman–Crippen MR) is 68.0 cm³/mol. The zero-order valence-electron chi connectivity index (χ0n) is 10.8. The molecule has 1 heteroatoms. The fourth-order valence-electron chi connectivity index (χ4n) is 1.51. The molecule has 0 aromatic heterocycles. The first-order chi connectivity index (χ1) is 7.35. The van der Waals surface area contributed by atoms with Gasteiger partial charge in [-0.1, -0.05) is 46.5 Å². The minimum absolute atomic E-state index is 0.898. The third-order valence-corrected chi connectivity index (χ3v) is 2.67. The van der Waals surface area contributed by atoms with Crippen LogP contribution in [0, 0.1) is 0 Å². The van der Waals surface area contributed by atoms with Crippen LogP contribution >= 0.6 is 0 Å². The van der Waals surface area contributed by atoms with Crippen molar-refractivity contribution in [3.8, 4) is 0 Å². The molecule has 0 aromatic carbocycles. The molecule has 0 amide bonds. The quantitative estimate of drug-likeness (QED) is 0.363. The van der Waals surface area contributed by atoms with Crippen molar-refractivity contribution < 1.29 is 4.74 Å². The van der Waals surface area contributed by atoms with Crippen LogP contribution in [0.3, 0.4) is 0 Å². The molecular formula is C14H28O. The fourth-order valence-corrected chi connectivity index (χ4v) is 1.51. The lowest BCUT2D eigenvalue weighted by atomic mass is 10.1. The van der Waals surface area contributed by atoms with Crippen LogP contribution in [0.15, 0.2) is 11.8 Å². The zero-order valence-corrected chi connectivity index (χ0v) is 10.8. The molecule has 1 nitrogen and oxygen atoms in total. The van der Waals surface area contributed by atoms with E-state index in [1.165, 1.54) is 50.5 Å². The molecule has 0 atom stereocenters. The van der Waals surface area contributed by atoms with E-state index >= 15 is 0 Å². The van der Waals surface area contributed by atoms with E-state index in [1.54, 1.807) is 0 Å². The van der Waals surface area contributed by atoms with Crippen LogP contribution < -0.4 is 0 Å². The molecule has 0 N–H and O–H groups in total. The first kappa shape index (κ1) is 14.5. The third kappa shape index (κ3) is 9.84. The predicted octanol–water partition coefficient (Wildman–Crippen LogP) is 5.07. The monoisotopic (exact) mass is 212 g/mol. The molecule has 0 aromatic rings. The van der Waals surface area contributed by atoms with Crippen LogP contribution in [0.4, 0.5) is 0 Å². The van der Waals surface area contributed by atoms with Crippen molar-refractivity contribution in [3.05, 3.63) is 11.8 Å². The summed E-state index contributed by atoms with van der Waals surface area (Å²) >= 11 is 0. The first-order valence-corrected chi connectivity index (χ1v) is 6.64. The number of hydrogen-bond donors (Lipinski definition) is 0. The van der Waals surface area contributed by atoms with Gasteiger partial charge in [-0.2, -0.15) is 0 Å². The molecular weight excluding hydrogens is 184 g/mol. The Balaban J connectivity index is 3.44. The molecule has 0 fully saturated rings. The maximum absolute atomic E-state index is 5.57. The Morgan fingerprint density at radius 1 is 0.933 bits per heavy atom. The van der Waals surface area contributed by atoms with Gasteiger partial charge in [0.05, 0.1) is 12.9 Å². The van der Waals surface area contributed by atoms with Gasteiger partial charge in [-0.3, -0.25) is 0 Å². The molecule has 90 valence electrons. The Morgan fingerprint density at radius 2 is 1.67 bits per heavy atom. The van der Waals surface area contributed by atoms with Gasteiger partial charge in [0, 0.05) is 0 Å². The van der Waals surface area contributed by atoms with Crippen LogP contribution in [0.1, 0.15) is 72.1 Å². The largest absolute Gasteiger partial charge is 0.501 e. The summed E-state index contributed by atoms with van der Waals surface area (Å²) in [6, 6.07) is 0. The van der Waals surface area contributed by atoms with Gasteiger partial charge >= 0.3 is 0 Å². The number of hydrogen-bond acceptors (Lipinski definition) is 1. The van der Waals surface area contributed by atoms with Gasteiger partial charge < -0.3 is 4.74 Å². The van der Waals surface area contributed by atoms with Crippen molar-refractivity contribution in [2.75, 3.05) is 6.61 Å². The van der Waals surface area contributed by atoms with E-state index in [2.05, 4.69) is 20.8 Å². The van der Waals surface area contributed by atoms with E-state index in [4.69, 9.17) is 4.74 Å². The van der Waals surface area contributed by atoms with Crippen molar-refractivity contribution in [2.45, 2.75) is 72.1 Å². The summed E-state index contributed by atoms with van der Waals surface area (Å²) in [7, 11) is 0. The summed E-state index contributed by atoms with van der Waals surface area (Å²) in [5.41, 5.74) is 1.47. The molecule has 0 aliphatic carbocycles. The summed E-state index contributed by atoms with van der Waals surface area (Å²) in [5, 5.41) is 0. The van der Waals surface area contributed by atoms with Gasteiger partial charge in [-0.05, 0) is 31.3 Å². The van der Waals surface area contributed by atoms with E-state index in [0.29, 0.717) is 0 Å². The highest BCUT2D eigenvalue weighted by Gasteiger charge is 1.94. The minimum atomic E-state index is 0.898. The number of ether oxygens (including phenoxy) is 1. The van der Waals surface area contributed by atoms with E-state index < -0.39 is 0 Å². The highest BCUT2D eigenvalue weighted by Crippen LogP contribution is 2.11. The van der Waals surface area contributed by atoms with Gasteiger partial charge in [0.15, 0.2) is 0 Å². The SMILES string of the molecule is CCCCCCOC=C(CC)CCCC. The zero-order chi connectivity index (χ0) is 11.4. The molecule has 0 rings (SSSR count). The maximum atomic E-state index is 5.57. The maximum Gasteiger partial charge on any atom is 0.0873 e. The summed E-state index contributed by atoms with van der Waals surface area (Å²) in [4.78, 5) is 0. The smallest absolute Gasteiger partial charge is 0.0873 e. The van der Waals surface area contributed by atoms with Crippen LogP contribution in [0.25, 0.3) is 0 Å². The fraction of sp³-hybridized carbons (Fsp3) is 0.857. The van der Waals surface area contributed by atoms with E-state index in [-0.39, 0.29) is 0 Å². The molecule has 0 saturated carbocycles. The molecule has 0 saturated heterocycles. The third-order valence-electron chi connectivity index (χ3n) is 2.67. The number of unbranched alkanes of at least 4 members (excludes halogenated alkanes) is 4. The second-order valence-corrected chi connectivity index (χ2v) is 4.16.